The molecule has 0 aromatic carbocycles. The number of nitrogens with zero attached hydrogens (tertiary/aromatic N) is 2. The quantitative estimate of drug-likeness (QED) is 0.785. The van der Waals surface area contributed by atoms with E-state index in [-0.39, 0.29) is 17.5 Å². The van der Waals surface area contributed by atoms with E-state index in [0.717, 1.165) is 30.5 Å². The van der Waals surface area contributed by atoms with Crippen molar-refractivity contribution < 1.29 is 8.42 Å². The summed E-state index contributed by atoms with van der Waals surface area (Å²) in [6, 6.07) is -0.0790. The van der Waals surface area contributed by atoms with Gasteiger partial charge in [-0.15, -0.1) is 0 Å². The molecule has 6 heteroatoms. The number of anilines is 1. The largest absolute Gasteiger partial charge is 0.384 e. The molecule has 5 nitrogen and oxygen atoms in total. The van der Waals surface area contributed by atoms with Crippen LogP contribution < -0.4 is 5.73 Å². The van der Waals surface area contributed by atoms with Gasteiger partial charge in [0.2, 0.25) is 0 Å². The number of nitrogens with two attached hydrogens (primary N) is 1. The zero-order valence-corrected chi connectivity index (χ0v) is 14.0. The molecule has 1 atom stereocenters. The van der Waals surface area contributed by atoms with Crippen LogP contribution in [-0.2, 0) is 22.7 Å². The SMILES string of the molecule is CCCCCCc1nn(C2CCS(=O)(=O)C2)c(N)c1CC. The molecule has 21 heavy (non-hydrogen) atoms. The summed E-state index contributed by atoms with van der Waals surface area (Å²) in [5.74, 6) is 1.10. The van der Waals surface area contributed by atoms with Crippen LogP contribution in [0.1, 0.15) is 63.3 Å². The fraction of sp³-hybridized carbons (Fsp3) is 0.800. The highest BCUT2D eigenvalue weighted by Gasteiger charge is 2.31. The lowest BCUT2D eigenvalue weighted by molar-refractivity contribution is 0.500. The van der Waals surface area contributed by atoms with E-state index in [1.807, 2.05) is 0 Å². The number of unbranched alkanes of at least 4 members (excludes halogenated alkanes) is 3. The Hall–Kier alpha value is -1.04. The summed E-state index contributed by atoms with van der Waals surface area (Å²) < 4.78 is 25.1. The first-order valence-corrected chi connectivity index (χ1v) is 9.86. The van der Waals surface area contributed by atoms with Gasteiger partial charge in [0, 0.05) is 5.56 Å². The third-order valence-corrected chi connectivity index (χ3v) is 6.06. The highest BCUT2D eigenvalue weighted by molar-refractivity contribution is 7.91. The molecular weight excluding hydrogens is 286 g/mol. The van der Waals surface area contributed by atoms with Crippen molar-refractivity contribution in [3.8, 4) is 0 Å². The summed E-state index contributed by atoms with van der Waals surface area (Å²) in [5, 5.41) is 4.65. The van der Waals surface area contributed by atoms with Gasteiger partial charge >= 0.3 is 0 Å². The lowest BCUT2D eigenvalue weighted by Crippen LogP contribution is -2.15. The number of sulfone groups is 1. The second-order valence-corrected chi connectivity index (χ2v) is 8.20. The van der Waals surface area contributed by atoms with Crippen LogP contribution in [0.2, 0.25) is 0 Å². The normalized spacial score (nSPS) is 21.0. The topological polar surface area (TPSA) is 78.0 Å². The van der Waals surface area contributed by atoms with E-state index in [4.69, 9.17) is 5.73 Å². The number of nitrogen functional groups attached to an aromatic ring is 1. The van der Waals surface area contributed by atoms with E-state index in [1.54, 1.807) is 4.68 Å². The summed E-state index contributed by atoms with van der Waals surface area (Å²) in [4.78, 5) is 0. The standard InChI is InChI=1S/C15H27N3O2S/c1-3-5-6-7-8-14-13(4-2)15(16)18(17-14)12-9-10-21(19,20)11-12/h12H,3-11,16H2,1-2H3. The molecule has 1 unspecified atom stereocenters. The Kier molecular flexibility index (Phi) is 5.30. The molecule has 0 spiro atoms. The third-order valence-electron chi connectivity index (χ3n) is 4.31. The van der Waals surface area contributed by atoms with Gasteiger partial charge in [-0.2, -0.15) is 5.10 Å². The van der Waals surface area contributed by atoms with Crippen LogP contribution in [0.5, 0.6) is 0 Å². The van der Waals surface area contributed by atoms with Gasteiger partial charge in [0.1, 0.15) is 5.82 Å². The Balaban J connectivity index is 2.14. The molecule has 1 aliphatic rings. The van der Waals surface area contributed by atoms with Gasteiger partial charge in [-0.1, -0.05) is 33.1 Å². The van der Waals surface area contributed by atoms with E-state index in [1.165, 1.54) is 19.3 Å². The fourth-order valence-corrected chi connectivity index (χ4v) is 4.77. The predicted octanol–water partition coefficient (Wildman–Crippen LogP) is 2.51. The van der Waals surface area contributed by atoms with Gasteiger partial charge in [-0.25, -0.2) is 13.1 Å². The van der Waals surface area contributed by atoms with Crippen molar-refractivity contribution in [3.05, 3.63) is 11.3 Å². The average Bonchev–Trinajstić information content (AvgIpc) is 2.94. The highest BCUT2D eigenvalue weighted by atomic mass is 32.2. The lowest BCUT2D eigenvalue weighted by Gasteiger charge is -2.10. The summed E-state index contributed by atoms with van der Waals surface area (Å²) in [5.41, 5.74) is 8.39. The average molecular weight is 313 g/mol. The molecule has 0 bridgehead atoms. The third kappa shape index (κ3) is 3.78. The highest BCUT2D eigenvalue weighted by Crippen LogP contribution is 2.29. The number of rotatable bonds is 7. The minimum Gasteiger partial charge on any atom is -0.384 e. The molecule has 0 saturated carbocycles. The lowest BCUT2D eigenvalue weighted by atomic mass is 10.1. The Labute approximate surface area is 127 Å². The molecule has 120 valence electrons. The number of aromatic nitrogens is 2. The van der Waals surface area contributed by atoms with E-state index >= 15 is 0 Å². The van der Waals surface area contributed by atoms with E-state index < -0.39 is 9.84 Å². The van der Waals surface area contributed by atoms with Gasteiger partial charge in [-0.05, 0) is 25.7 Å². The number of hydrogen-bond acceptors (Lipinski definition) is 4. The number of hydrogen-bond donors (Lipinski definition) is 1. The summed E-state index contributed by atoms with van der Waals surface area (Å²) in [6.45, 7) is 4.28. The van der Waals surface area contributed by atoms with Crippen molar-refractivity contribution in [1.82, 2.24) is 9.78 Å². The maximum Gasteiger partial charge on any atom is 0.152 e. The molecule has 0 radical (unpaired) electrons. The van der Waals surface area contributed by atoms with Crippen molar-refractivity contribution in [2.24, 2.45) is 0 Å². The molecule has 1 aromatic rings. The smallest absolute Gasteiger partial charge is 0.152 e. The Bertz CT molecular complexity index is 578. The van der Waals surface area contributed by atoms with Gasteiger partial charge in [0.15, 0.2) is 9.84 Å². The zero-order chi connectivity index (χ0) is 15.5. The molecule has 1 saturated heterocycles. The van der Waals surface area contributed by atoms with Crippen molar-refractivity contribution in [2.75, 3.05) is 17.2 Å². The fourth-order valence-electron chi connectivity index (χ4n) is 3.08. The summed E-state index contributed by atoms with van der Waals surface area (Å²) >= 11 is 0. The minimum absolute atomic E-state index is 0.0790. The van der Waals surface area contributed by atoms with Gasteiger partial charge in [0.05, 0.1) is 23.2 Å². The first-order chi connectivity index (χ1) is 9.98. The van der Waals surface area contributed by atoms with Gasteiger partial charge in [0.25, 0.3) is 0 Å². The molecule has 1 aromatic heterocycles. The van der Waals surface area contributed by atoms with Gasteiger partial charge < -0.3 is 5.73 Å². The molecule has 2 N–H and O–H groups in total. The monoisotopic (exact) mass is 313 g/mol. The van der Waals surface area contributed by atoms with Crippen molar-refractivity contribution in [3.63, 3.8) is 0 Å². The molecule has 2 heterocycles. The van der Waals surface area contributed by atoms with E-state index in [9.17, 15) is 8.42 Å². The van der Waals surface area contributed by atoms with Crippen LogP contribution in [0.3, 0.4) is 0 Å². The van der Waals surface area contributed by atoms with Crippen molar-refractivity contribution in [1.29, 1.82) is 0 Å². The van der Waals surface area contributed by atoms with Crippen LogP contribution in [0, 0.1) is 0 Å². The Morgan fingerprint density at radius 1 is 1.29 bits per heavy atom. The van der Waals surface area contributed by atoms with Crippen LogP contribution >= 0.6 is 0 Å². The van der Waals surface area contributed by atoms with E-state index in [2.05, 4.69) is 18.9 Å². The molecule has 2 rings (SSSR count). The maximum atomic E-state index is 11.6. The summed E-state index contributed by atoms with van der Waals surface area (Å²) in [7, 11) is -2.91. The summed E-state index contributed by atoms with van der Waals surface area (Å²) in [6.07, 6.45) is 7.24. The van der Waals surface area contributed by atoms with Crippen LogP contribution in [-0.4, -0.2) is 29.7 Å². The Morgan fingerprint density at radius 3 is 2.62 bits per heavy atom. The maximum absolute atomic E-state index is 11.6. The van der Waals surface area contributed by atoms with Crippen molar-refractivity contribution in [2.45, 2.75) is 64.8 Å². The van der Waals surface area contributed by atoms with Gasteiger partial charge in [-0.3, -0.25) is 0 Å². The first kappa shape index (κ1) is 16.3. The van der Waals surface area contributed by atoms with Crippen LogP contribution in [0.15, 0.2) is 0 Å². The zero-order valence-electron chi connectivity index (χ0n) is 13.1. The molecular formula is C15H27N3O2S. The molecule has 1 aliphatic heterocycles. The Morgan fingerprint density at radius 2 is 2.05 bits per heavy atom. The van der Waals surface area contributed by atoms with E-state index in [0.29, 0.717) is 12.2 Å². The molecule has 0 aliphatic carbocycles. The van der Waals surface area contributed by atoms with Crippen LogP contribution in [0.4, 0.5) is 5.82 Å². The second-order valence-electron chi connectivity index (χ2n) is 5.98. The van der Waals surface area contributed by atoms with Crippen molar-refractivity contribution >= 4 is 15.7 Å². The number of aryl methyl sites for hydroxylation is 1. The second kappa shape index (κ2) is 6.81. The molecule has 1 fully saturated rings. The first-order valence-electron chi connectivity index (χ1n) is 8.04. The molecule has 0 amide bonds. The van der Waals surface area contributed by atoms with Crippen LogP contribution in [0.25, 0.3) is 0 Å². The minimum atomic E-state index is -2.91. The predicted molar refractivity (Wildman–Crippen MR) is 86.2 cm³/mol.